The van der Waals surface area contributed by atoms with Gasteiger partial charge in [0.2, 0.25) is 0 Å². The fraction of sp³-hybridized carbons (Fsp3) is 0.480. The van der Waals surface area contributed by atoms with E-state index in [1.165, 1.54) is 60.8 Å². The van der Waals surface area contributed by atoms with Crippen LogP contribution in [0.25, 0.3) is 11.1 Å². The molecule has 3 rings (SSSR count). The minimum absolute atomic E-state index is 0.270. The van der Waals surface area contributed by atoms with Gasteiger partial charge in [0.1, 0.15) is 0 Å². The first-order valence-electron chi connectivity index (χ1n) is 10.3. The van der Waals surface area contributed by atoms with Crippen molar-refractivity contribution in [3.05, 3.63) is 59.7 Å². The maximum absolute atomic E-state index is 9.89. The summed E-state index contributed by atoms with van der Waals surface area (Å²) in [4.78, 5) is 0. The Labute approximate surface area is 159 Å². The lowest BCUT2D eigenvalue weighted by atomic mass is 9.67. The van der Waals surface area contributed by atoms with Gasteiger partial charge in [-0.15, -0.1) is 0 Å². The van der Waals surface area contributed by atoms with Gasteiger partial charge in [0.05, 0.1) is 11.5 Å². The molecule has 2 aromatic carbocycles. The standard InChI is InChI=1S/C25H31N/c1-3-5-6-21-7-9-22(10-8-21)23-11-13-24(14-12-23)25(19-26)17-15-20(4-2)16-18-25/h7-14,20H,3-6,15-18H2,1-2H3. The summed E-state index contributed by atoms with van der Waals surface area (Å²) in [5.41, 5.74) is 4.86. The highest BCUT2D eigenvalue weighted by atomic mass is 14.4. The fourth-order valence-electron chi connectivity index (χ4n) is 4.27. The van der Waals surface area contributed by atoms with Crippen LogP contribution in [-0.2, 0) is 11.8 Å². The molecule has 26 heavy (non-hydrogen) atoms. The quantitative estimate of drug-likeness (QED) is 0.550. The van der Waals surface area contributed by atoms with Crippen molar-refractivity contribution in [2.75, 3.05) is 0 Å². The van der Waals surface area contributed by atoms with Crippen molar-refractivity contribution in [1.82, 2.24) is 0 Å². The van der Waals surface area contributed by atoms with Gasteiger partial charge < -0.3 is 0 Å². The Kier molecular flexibility index (Phi) is 6.15. The maximum Gasteiger partial charge on any atom is 0.0822 e. The molecule has 0 aromatic heterocycles. The molecule has 1 nitrogen and oxygen atoms in total. The number of unbranched alkanes of at least 4 members (excludes halogenated alkanes) is 1. The molecule has 1 aliphatic rings. The third-order valence-corrected chi connectivity index (χ3v) is 6.29. The number of nitriles is 1. The molecule has 0 N–H and O–H groups in total. The highest BCUT2D eigenvalue weighted by molar-refractivity contribution is 5.64. The molecule has 1 aliphatic carbocycles. The van der Waals surface area contributed by atoms with Gasteiger partial charge in [0.15, 0.2) is 0 Å². The van der Waals surface area contributed by atoms with Crippen LogP contribution in [-0.4, -0.2) is 0 Å². The molecule has 0 bridgehead atoms. The molecule has 1 saturated carbocycles. The SMILES string of the molecule is CCCCc1ccc(-c2ccc(C3(C#N)CCC(CC)CC3)cc2)cc1. The minimum Gasteiger partial charge on any atom is -0.197 e. The second-order valence-electron chi connectivity index (χ2n) is 7.92. The van der Waals surface area contributed by atoms with Gasteiger partial charge in [-0.1, -0.05) is 75.2 Å². The van der Waals surface area contributed by atoms with Crippen LogP contribution in [0.2, 0.25) is 0 Å². The summed E-state index contributed by atoms with van der Waals surface area (Å²) in [5, 5.41) is 9.89. The molecular weight excluding hydrogens is 314 g/mol. The third kappa shape index (κ3) is 4.01. The van der Waals surface area contributed by atoms with E-state index in [0.717, 1.165) is 18.8 Å². The minimum atomic E-state index is -0.270. The number of rotatable bonds is 6. The second-order valence-corrected chi connectivity index (χ2v) is 7.92. The van der Waals surface area contributed by atoms with Crippen molar-refractivity contribution in [3.8, 4) is 17.2 Å². The monoisotopic (exact) mass is 345 g/mol. The molecule has 0 heterocycles. The van der Waals surface area contributed by atoms with Gasteiger partial charge in [0, 0.05) is 0 Å². The molecular formula is C25H31N. The maximum atomic E-state index is 9.89. The lowest BCUT2D eigenvalue weighted by Crippen LogP contribution is -2.30. The van der Waals surface area contributed by atoms with Gasteiger partial charge in [-0.3, -0.25) is 0 Å². The molecule has 0 radical (unpaired) electrons. The predicted molar refractivity (Wildman–Crippen MR) is 110 cm³/mol. The van der Waals surface area contributed by atoms with Gasteiger partial charge in [0.25, 0.3) is 0 Å². The first-order chi connectivity index (χ1) is 12.7. The van der Waals surface area contributed by atoms with Crippen LogP contribution in [0.15, 0.2) is 48.5 Å². The van der Waals surface area contributed by atoms with E-state index in [1.54, 1.807) is 0 Å². The molecule has 0 spiro atoms. The van der Waals surface area contributed by atoms with Crippen LogP contribution in [0.1, 0.15) is 69.9 Å². The molecule has 2 aromatic rings. The van der Waals surface area contributed by atoms with Crippen LogP contribution in [0.5, 0.6) is 0 Å². The van der Waals surface area contributed by atoms with E-state index < -0.39 is 0 Å². The topological polar surface area (TPSA) is 23.8 Å². The third-order valence-electron chi connectivity index (χ3n) is 6.29. The van der Waals surface area contributed by atoms with E-state index in [-0.39, 0.29) is 5.41 Å². The summed E-state index contributed by atoms with van der Waals surface area (Å²) in [5.74, 6) is 0.807. The van der Waals surface area contributed by atoms with E-state index in [9.17, 15) is 5.26 Å². The molecule has 1 fully saturated rings. The van der Waals surface area contributed by atoms with Crippen molar-refractivity contribution >= 4 is 0 Å². The van der Waals surface area contributed by atoms with Crippen molar-refractivity contribution < 1.29 is 0 Å². The highest BCUT2D eigenvalue weighted by Crippen LogP contribution is 2.42. The smallest absolute Gasteiger partial charge is 0.0822 e. The Morgan fingerprint density at radius 2 is 1.50 bits per heavy atom. The Morgan fingerprint density at radius 1 is 0.923 bits per heavy atom. The summed E-state index contributed by atoms with van der Waals surface area (Å²) in [6.07, 6.45) is 9.29. The zero-order chi connectivity index (χ0) is 18.4. The molecule has 0 saturated heterocycles. The summed E-state index contributed by atoms with van der Waals surface area (Å²) in [7, 11) is 0. The molecule has 0 aliphatic heterocycles. The van der Waals surface area contributed by atoms with Crippen molar-refractivity contribution in [2.24, 2.45) is 5.92 Å². The summed E-state index contributed by atoms with van der Waals surface area (Å²) >= 11 is 0. The summed E-state index contributed by atoms with van der Waals surface area (Å²) in [6, 6.07) is 20.4. The van der Waals surface area contributed by atoms with Crippen molar-refractivity contribution in [3.63, 3.8) is 0 Å². The van der Waals surface area contributed by atoms with E-state index in [4.69, 9.17) is 0 Å². The number of aryl methyl sites for hydroxylation is 1. The average Bonchev–Trinajstić information content (AvgIpc) is 2.73. The summed E-state index contributed by atoms with van der Waals surface area (Å²) < 4.78 is 0. The van der Waals surface area contributed by atoms with E-state index in [0.29, 0.717) is 0 Å². The van der Waals surface area contributed by atoms with E-state index in [1.807, 2.05) is 0 Å². The Hall–Kier alpha value is -2.07. The van der Waals surface area contributed by atoms with Crippen molar-refractivity contribution in [2.45, 2.75) is 70.6 Å². The first-order valence-corrected chi connectivity index (χ1v) is 10.3. The zero-order valence-electron chi connectivity index (χ0n) is 16.3. The number of nitrogens with zero attached hydrogens (tertiary/aromatic N) is 1. The number of benzene rings is 2. The Morgan fingerprint density at radius 3 is 2.00 bits per heavy atom. The summed E-state index contributed by atoms with van der Waals surface area (Å²) in [6.45, 7) is 4.50. The normalized spacial score (nSPS) is 22.7. The van der Waals surface area contributed by atoms with E-state index >= 15 is 0 Å². The van der Waals surface area contributed by atoms with Gasteiger partial charge in [-0.25, -0.2) is 0 Å². The van der Waals surface area contributed by atoms with Gasteiger partial charge in [-0.05, 0) is 66.7 Å². The van der Waals surface area contributed by atoms with Crippen LogP contribution >= 0.6 is 0 Å². The van der Waals surface area contributed by atoms with E-state index in [2.05, 4.69) is 68.4 Å². The first kappa shape index (κ1) is 18.7. The lowest BCUT2D eigenvalue weighted by molar-refractivity contribution is 0.273. The average molecular weight is 346 g/mol. The van der Waals surface area contributed by atoms with Crippen LogP contribution < -0.4 is 0 Å². The lowest BCUT2D eigenvalue weighted by Gasteiger charge is -2.35. The molecule has 136 valence electrons. The number of hydrogen-bond donors (Lipinski definition) is 0. The molecule has 0 unspecified atom stereocenters. The van der Waals surface area contributed by atoms with Gasteiger partial charge in [-0.2, -0.15) is 5.26 Å². The Bertz CT molecular complexity index is 725. The van der Waals surface area contributed by atoms with Gasteiger partial charge >= 0.3 is 0 Å². The zero-order valence-corrected chi connectivity index (χ0v) is 16.3. The Balaban J connectivity index is 1.75. The molecule has 0 amide bonds. The molecule has 0 atom stereocenters. The van der Waals surface area contributed by atoms with Crippen LogP contribution in [0, 0.1) is 17.2 Å². The van der Waals surface area contributed by atoms with Crippen molar-refractivity contribution in [1.29, 1.82) is 5.26 Å². The number of hydrogen-bond acceptors (Lipinski definition) is 1. The second kappa shape index (κ2) is 8.54. The predicted octanol–water partition coefficient (Wildman–Crippen LogP) is 7.06. The van der Waals surface area contributed by atoms with Crippen LogP contribution in [0.4, 0.5) is 0 Å². The highest BCUT2D eigenvalue weighted by Gasteiger charge is 2.36. The molecule has 1 heteroatoms. The fourth-order valence-corrected chi connectivity index (χ4v) is 4.27. The largest absolute Gasteiger partial charge is 0.197 e. The van der Waals surface area contributed by atoms with Crippen LogP contribution in [0.3, 0.4) is 0 Å².